The van der Waals surface area contributed by atoms with Crippen molar-refractivity contribution in [3.05, 3.63) is 0 Å². The van der Waals surface area contributed by atoms with Crippen LogP contribution in [0, 0.1) is 0 Å². The highest BCUT2D eigenvalue weighted by molar-refractivity contribution is 4.89. The summed E-state index contributed by atoms with van der Waals surface area (Å²) in [4.78, 5) is 0. The molecule has 1 aliphatic heterocycles. The number of hydrogen-bond acceptors (Lipinski definition) is 2. The van der Waals surface area contributed by atoms with Crippen LogP contribution in [0.25, 0.3) is 0 Å². The highest BCUT2D eigenvalue weighted by atomic mass is 16.5. The first-order valence-electron chi connectivity index (χ1n) is 8.09. The summed E-state index contributed by atoms with van der Waals surface area (Å²) in [7, 11) is 0. The van der Waals surface area contributed by atoms with Crippen LogP contribution in [0.4, 0.5) is 0 Å². The number of morpholine rings is 1. The molecule has 1 aliphatic carbocycles. The summed E-state index contributed by atoms with van der Waals surface area (Å²) < 4.78 is 6.32. The van der Waals surface area contributed by atoms with Gasteiger partial charge in [0.2, 0.25) is 0 Å². The number of rotatable bonds is 0. The monoisotopic (exact) mass is 253 g/mol. The van der Waals surface area contributed by atoms with E-state index in [4.69, 9.17) is 4.74 Å². The Labute approximate surface area is 113 Å². The number of fused-ring (bicyclic) bond motifs is 1. The Hall–Kier alpha value is -0.0800. The molecule has 1 heterocycles. The first-order valence-corrected chi connectivity index (χ1v) is 8.09. The van der Waals surface area contributed by atoms with Crippen LogP contribution in [0.5, 0.6) is 0 Å². The lowest BCUT2D eigenvalue weighted by molar-refractivity contribution is -0.120. The van der Waals surface area contributed by atoms with E-state index in [1.807, 2.05) is 0 Å². The van der Waals surface area contributed by atoms with Crippen LogP contribution in [0.1, 0.15) is 78.1 Å². The van der Waals surface area contributed by atoms with E-state index in [-0.39, 0.29) is 5.60 Å². The Morgan fingerprint density at radius 1 is 0.833 bits per heavy atom. The van der Waals surface area contributed by atoms with Crippen molar-refractivity contribution in [2.24, 2.45) is 0 Å². The second-order valence-electron chi connectivity index (χ2n) is 6.81. The van der Waals surface area contributed by atoms with E-state index in [2.05, 4.69) is 19.2 Å². The van der Waals surface area contributed by atoms with E-state index in [0.717, 1.165) is 6.54 Å². The van der Waals surface area contributed by atoms with Crippen LogP contribution in [0.2, 0.25) is 0 Å². The lowest BCUT2D eigenvalue weighted by atomic mass is 9.92. The average Bonchev–Trinajstić information content (AvgIpc) is 2.30. The molecule has 2 aliphatic rings. The SMILES string of the molecule is CC1(C)CNC2CCCCCCCCCCC2O1. The Balaban J connectivity index is 1.88. The molecule has 18 heavy (non-hydrogen) atoms. The van der Waals surface area contributed by atoms with Gasteiger partial charge >= 0.3 is 0 Å². The first-order chi connectivity index (χ1) is 8.67. The quantitative estimate of drug-likeness (QED) is 0.703. The zero-order chi connectivity index (χ0) is 12.8. The van der Waals surface area contributed by atoms with Crippen molar-refractivity contribution in [1.29, 1.82) is 0 Å². The molecule has 1 N–H and O–H groups in total. The summed E-state index contributed by atoms with van der Waals surface area (Å²) in [6, 6.07) is 0.609. The predicted octanol–water partition coefficient (Wildman–Crippen LogP) is 4.04. The third-order valence-electron chi connectivity index (χ3n) is 4.46. The topological polar surface area (TPSA) is 21.3 Å². The molecule has 0 radical (unpaired) electrons. The largest absolute Gasteiger partial charge is 0.369 e. The second kappa shape index (κ2) is 6.91. The molecule has 2 nitrogen and oxygen atoms in total. The van der Waals surface area contributed by atoms with Crippen molar-refractivity contribution in [3.8, 4) is 0 Å². The fourth-order valence-corrected chi connectivity index (χ4v) is 3.36. The summed E-state index contributed by atoms with van der Waals surface area (Å²) in [5, 5.41) is 3.74. The molecule has 0 aromatic carbocycles. The van der Waals surface area contributed by atoms with Gasteiger partial charge in [0.1, 0.15) is 0 Å². The molecule has 2 unspecified atom stereocenters. The van der Waals surface area contributed by atoms with Crippen LogP contribution < -0.4 is 5.32 Å². The molecule has 2 fully saturated rings. The molecule has 1 saturated heterocycles. The van der Waals surface area contributed by atoms with Crippen LogP contribution >= 0.6 is 0 Å². The van der Waals surface area contributed by atoms with Gasteiger partial charge in [0.05, 0.1) is 11.7 Å². The average molecular weight is 253 g/mol. The minimum atomic E-state index is 0.0260. The molecule has 0 aromatic heterocycles. The molecule has 2 heteroatoms. The number of nitrogens with one attached hydrogen (secondary N) is 1. The highest BCUT2D eigenvalue weighted by Crippen LogP contribution is 2.26. The van der Waals surface area contributed by atoms with Gasteiger partial charge in [-0.15, -0.1) is 0 Å². The van der Waals surface area contributed by atoms with Gasteiger partial charge in [-0.05, 0) is 26.7 Å². The van der Waals surface area contributed by atoms with Crippen LogP contribution in [0.3, 0.4) is 0 Å². The summed E-state index contributed by atoms with van der Waals surface area (Å²) in [6.07, 6.45) is 14.3. The molecular formula is C16H31NO. The summed E-state index contributed by atoms with van der Waals surface area (Å²) in [6.45, 7) is 5.44. The lowest BCUT2D eigenvalue weighted by Gasteiger charge is -2.42. The summed E-state index contributed by atoms with van der Waals surface area (Å²) >= 11 is 0. The van der Waals surface area contributed by atoms with Gasteiger partial charge in [-0.25, -0.2) is 0 Å². The first kappa shape index (κ1) is 14.3. The maximum atomic E-state index is 6.32. The van der Waals surface area contributed by atoms with Crippen molar-refractivity contribution in [1.82, 2.24) is 5.32 Å². The van der Waals surface area contributed by atoms with Crippen molar-refractivity contribution < 1.29 is 4.74 Å². The van der Waals surface area contributed by atoms with E-state index < -0.39 is 0 Å². The zero-order valence-electron chi connectivity index (χ0n) is 12.3. The Bertz CT molecular complexity index is 239. The Morgan fingerprint density at radius 3 is 2.06 bits per heavy atom. The van der Waals surface area contributed by atoms with Gasteiger partial charge in [0, 0.05) is 12.6 Å². The van der Waals surface area contributed by atoms with Crippen molar-refractivity contribution in [2.75, 3.05) is 6.54 Å². The maximum absolute atomic E-state index is 6.32. The van der Waals surface area contributed by atoms with Gasteiger partial charge in [0.25, 0.3) is 0 Å². The third-order valence-corrected chi connectivity index (χ3v) is 4.46. The zero-order valence-corrected chi connectivity index (χ0v) is 12.3. The van der Waals surface area contributed by atoms with E-state index in [9.17, 15) is 0 Å². The molecule has 2 rings (SSSR count). The predicted molar refractivity (Wildman–Crippen MR) is 76.9 cm³/mol. The normalized spacial score (nSPS) is 35.0. The highest BCUT2D eigenvalue weighted by Gasteiger charge is 2.34. The van der Waals surface area contributed by atoms with Gasteiger partial charge in [-0.1, -0.05) is 51.4 Å². The standard InChI is InChI=1S/C16H31NO/c1-16(2)13-17-14-11-9-7-5-3-4-6-8-10-12-15(14)18-16/h14-15,17H,3-13H2,1-2H3. The van der Waals surface area contributed by atoms with Gasteiger partial charge < -0.3 is 10.1 Å². The molecule has 0 spiro atoms. The van der Waals surface area contributed by atoms with Crippen LogP contribution in [-0.4, -0.2) is 24.3 Å². The fourth-order valence-electron chi connectivity index (χ4n) is 3.36. The van der Waals surface area contributed by atoms with E-state index in [1.165, 1.54) is 64.2 Å². The minimum absolute atomic E-state index is 0.0260. The molecule has 2 atom stereocenters. The van der Waals surface area contributed by atoms with Crippen molar-refractivity contribution in [2.45, 2.75) is 95.8 Å². The lowest BCUT2D eigenvalue weighted by Crippen LogP contribution is -2.56. The fraction of sp³-hybridized carbons (Fsp3) is 1.00. The van der Waals surface area contributed by atoms with Gasteiger partial charge in [-0.3, -0.25) is 0 Å². The third kappa shape index (κ3) is 4.55. The summed E-state index contributed by atoms with van der Waals surface area (Å²) in [5.41, 5.74) is 0.0260. The van der Waals surface area contributed by atoms with Crippen LogP contribution in [0.15, 0.2) is 0 Å². The second-order valence-corrected chi connectivity index (χ2v) is 6.81. The van der Waals surface area contributed by atoms with Crippen molar-refractivity contribution >= 4 is 0 Å². The molecule has 106 valence electrons. The van der Waals surface area contributed by atoms with Crippen molar-refractivity contribution in [3.63, 3.8) is 0 Å². The maximum Gasteiger partial charge on any atom is 0.0755 e. The molecule has 1 saturated carbocycles. The Morgan fingerprint density at radius 2 is 1.39 bits per heavy atom. The molecule has 0 bridgehead atoms. The summed E-state index contributed by atoms with van der Waals surface area (Å²) in [5.74, 6) is 0. The van der Waals surface area contributed by atoms with E-state index >= 15 is 0 Å². The number of ether oxygens (including phenoxy) is 1. The van der Waals surface area contributed by atoms with Gasteiger partial charge in [-0.2, -0.15) is 0 Å². The van der Waals surface area contributed by atoms with E-state index in [1.54, 1.807) is 0 Å². The minimum Gasteiger partial charge on any atom is -0.369 e. The molecule has 0 amide bonds. The van der Waals surface area contributed by atoms with E-state index in [0.29, 0.717) is 12.1 Å². The Kier molecular flexibility index (Phi) is 5.50. The van der Waals surface area contributed by atoms with Crippen LogP contribution in [-0.2, 0) is 4.74 Å². The molecule has 0 aromatic rings. The smallest absolute Gasteiger partial charge is 0.0755 e. The van der Waals surface area contributed by atoms with Gasteiger partial charge in [0.15, 0.2) is 0 Å². The molecular weight excluding hydrogens is 222 g/mol. The number of hydrogen-bond donors (Lipinski definition) is 1.